The second kappa shape index (κ2) is 10.6. The molecule has 0 aromatic heterocycles. The summed E-state index contributed by atoms with van der Waals surface area (Å²) in [5.74, 6) is -0.446. The van der Waals surface area contributed by atoms with Gasteiger partial charge in [-0.15, -0.1) is 0 Å². The molecular formula is C27H29Cl2N3O. The molecule has 3 aromatic carbocycles. The second-order valence-electron chi connectivity index (χ2n) is 8.68. The van der Waals surface area contributed by atoms with Crippen LogP contribution in [-0.4, -0.2) is 42.4 Å². The predicted octanol–water partition coefficient (Wildman–Crippen LogP) is 6.00. The Bertz CT molecular complexity index is 1030. The monoisotopic (exact) mass is 481 g/mol. The summed E-state index contributed by atoms with van der Waals surface area (Å²) in [6.07, 6.45) is 2.39. The van der Waals surface area contributed by atoms with Crippen LogP contribution in [0.15, 0.2) is 72.8 Å². The Morgan fingerprint density at radius 2 is 1.45 bits per heavy atom. The normalized spacial score (nSPS) is 15.0. The molecule has 33 heavy (non-hydrogen) atoms. The Labute approximate surface area is 205 Å². The number of halogens is 2. The van der Waals surface area contributed by atoms with Crippen molar-refractivity contribution in [1.29, 1.82) is 0 Å². The minimum atomic E-state index is -0.466. The SMILES string of the molecule is CN(C(=O)C(c1ccc(Cl)cc1)c1ccc(Cl)cc1)C(CN1CCCC1)c1cccc(N)c1. The van der Waals surface area contributed by atoms with E-state index in [-0.39, 0.29) is 11.9 Å². The van der Waals surface area contributed by atoms with E-state index in [4.69, 9.17) is 28.9 Å². The van der Waals surface area contributed by atoms with E-state index in [0.717, 1.165) is 36.3 Å². The number of hydrogen-bond donors (Lipinski definition) is 1. The Kier molecular flexibility index (Phi) is 7.59. The maximum atomic E-state index is 14.1. The summed E-state index contributed by atoms with van der Waals surface area (Å²) in [4.78, 5) is 18.4. The molecule has 1 heterocycles. The van der Waals surface area contributed by atoms with E-state index in [0.29, 0.717) is 15.7 Å². The molecule has 1 aliphatic rings. The fourth-order valence-corrected chi connectivity index (χ4v) is 4.82. The number of carbonyl (C=O) groups excluding carboxylic acids is 1. The van der Waals surface area contributed by atoms with Crippen LogP contribution in [0.5, 0.6) is 0 Å². The van der Waals surface area contributed by atoms with E-state index >= 15 is 0 Å². The smallest absolute Gasteiger partial charge is 0.234 e. The first-order valence-electron chi connectivity index (χ1n) is 11.3. The highest BCUT2D eigenvalue weighted by molar-refractivity contribution is 6.30. The third-order valence-electron chi connectivity index (χ3n) is 6.39. The first-order valence-corrected chi connectivity index (χ1v) is 12.0. The van der Waals surface area contributed by atoms with Gasteiger partial charge in [0.15, 0.2) is 0 Å². The molecule has 6 heteroatoms. The average molecular weight is 482 g/mol. The second-order valence-corrected chi connectivity index (χ2v) is 9.55. The molecule has 0 radical (unpaired) electrons. The van der Waals surface area contributed by atoms with Gasteiger partial charge in [0.1, 0.15) is 0 Å². The van der Waals surface area contributed by atoms with Crippen molar-refractivity contribution in [3.05, 3.63) is 99.5 Å². The maximum Gasteiger partial charge on any atom is 0.234 e. The number of likely N-dealkylation sites (N-methyl/N-ethyl adjacent to an activating group) is 1. The van der Waals surface area contributed by atoms with Crippen molar-refractivity contribution in [1.82, 2.24) is 9.80 Å². The number of amides is 1. The van der Waals surface area contributed by atoms with E-state index in [1.807, 2.05) is 78.7 Å². The molecule has 2 N–H and O–H groups in total. The van der Waals surface area contributed by atoms with E-state index in [1.165, 1.54) is 12.8 Å². The number of carbonyl (C=O) groups is 1. The van der Waals surface area contributed by atoms with Gasteiger partial charge in [0, 0.05) is 29.3 Å². The molecule has 1 aliphatic heterocycles. The van der Waals surface area contributed by atoms with E-state index in [9.17, 15) is 4.79 Å². The third kappa shape index (κ3) is 5.70. The summed E-state index contributed by atoms with van der Waals surface area (Å²) in [6.45, 7) is 2.89. The Morgan fingerprint density at radius 1 is 0.909 bits per heavy atom. The molecular weight excluding hydrogens is 453 g/mol. The third-order valence-corrected chi connectivity index (χ3v) is 6.90. The summed E-state index contributed by atoms with van der Waals surface area (Å²) in [7, 11) is 1.89. The number of nitrogens with zero attached hydrogens (tertiary/aromatic N) is 2. The van der Waals surface area contributed by atoms with Gasteiger partial charge in [0.25, 0.3) is 0 Å². The number of nitrogens with two attached hydrogens (primary N) is 1. The van der Waals surface area contributed by atoms with Crippen LogP contribution in [-0.2, 0) is 4.79 Å². The number of hydrogen-bond acceptors (Lipinski definition) is 3. The standard InChI is InChI=1S/C27H29Cl2N3O/c1-31(25(18-32-15-2-3-16-32)21-5-4-6-24(30)17-21)27(33)26(19-7-11-22(28)12-8-19)20-9-13-23(29)14-10-20/h4-14,17,25-26H,2-3,15-16,18,30H2,1H3. The zero-order chi connectivity index (χ0) is 23.4. The van der Waals surface area contributed by atoms with Crippen molar-refractivity contribution in [3.63, 3.8) is 0 Å². The molecule has 0 aliphatic carbocycles. The quantitative estimate of drug-likeness (QED) is 0.420. The van der Waals surface area contributed by atoms with Crippen molar-refractivity contribution >= 4 is 34.8 Å². The van der Waals surface area contributed by atoms with Crippen LogP contribution in [0.1, 0.15) is 41.5 Å². The number of rotatable bonds is 7. The molecule has 4 rings (SSSR count). The van der Waals surface area contributed by atoms with E-state index in [2.05, 4.69) is 11.0 Å². The Balaban J connectivity index is 1.71. The van der Waals surface area contributed by atoms with Gasteiger partial charge < -0.3 is 15.5 Å². The van der Waals surface area contributed by atoms with Gasteiger partial charge in [-0.3, -0.25) is 4.79 Å². The summed E-state index contributed by atoms with van der Waals surface area (Å²) < 4.78 is 0. The van der Waals surface area contributed by atoms with Crippen molar-refractivity contribution in [2.45, 2.75) is 24.8 Å². The van der Waals surface area contributed by atoms with E-state index in [1.54, 1.807) is 0 Å². The number of benzene rings is 3. The predicted molar refractivity (Wildman–Crippen MR) is 137 cm³/mol. The molecule has 1 saturated heterocycles. The van der Waals surface area contributed by atoms with Gasteiger partial charge in [0.05, 0.1) is 12.0 Å². The van der Waals surface area contributed by atoms with Crippen LogP contribution in [0, 0.1) is 0 Å². The molecule has 1 unspecified atom stereocenters. The highest BCUT2D eigenvalue weighted by Gasteiger charge is 2.32. The minimum absolute atomic E-state index is 0.0197. The summed E-state index contributed by atoms with van der Waals surface area (Å²) >= 11 is 12.3. The lowest BCUT2D eigenvalue weighted by Gasteiger charge is -2.34. The number of likely N-dealkylation sites (tertiary alicyclic amines) is 1. The molecule has 172 valence electrons. The Hall–Kier alpha value is -2.53. The van der Waals surface area contributed by atoms with Crippen molar-refractivity contribution in [3.8, 4) is 0 Å². The van der Waals surface area contributed by atoms with Crippen molar-refractivity contribution in [2.75, 3.05) is 32.4 Å². The van der Waals surface area contributed by atoms with Crippen LogP contribution < -0.4 is 5.73 Å². The van der Waals surface area contributed by atoms with Gasteiger partial charge in [0.2, 0.25) is 5.91 Å². The number of anilines is 1. The van der Waals surface area contributed by atoms with Gasteiger partial charge in [-0.2, -0.15) is 0 Å². The molecule has 1 atom stereocenters. The van der Waals surface area contributed by atoms with Crippen molar-refractivity contribution in [2.24, 2.45) is 0 Å². The fraction of sp³-hybridized carbons (Fsp3) is 0.296. The molecule has 1 amide bonds. The summed E-state index contributed by atoms with van der Waals surface area (Å²) in [6, 6.07) is 22.7. The van der Waals surface area contributed by atoms with Gasteiger partial charge in [-0.05, 0) is 79.0 Å². The molecule has 1 fully saturated rings. The molecule has 4 nitrogen and oxygen atoms in total. The molecule has 0 bridgehead atoms. The summed E-state index contributed by atoms with van der Waals surface area (Å²) in [5, 5.41) is 1.28. The maximum absolute atomic E-state index is 14.1. The van der Waals surface area contributed by atoms with Crippen molar-refractivity contribution < 1.29 is 4.79 Å². The van der Waals surface area contributed by atoms with Gasteiger partial charge in [-0.25, -0.2) is 0 Å². The van der Waals surface area contributed by atoms with Gasteiger partial charge in [-0.1, -0.05) is 59.6 Å². The van der Waals surface area contributed by atoms with Crippen LogP contribution in [0.2, 0.25) is 10.0 Å². The lowest BCUT2D eigenvalue weighted by molar-refractivity contribution is -0.133. The van der Waals surface area contributed by atoms with Crippen LogP contribution in [0.25, 0.3) is 0 Å². The van der Waals surface area contributed by atoms with Crippen LogP contribution in [0.4, 0.5) is 5.69 Å². The fourth-order valence-electron chi connectivity index (χ4n) is 4.57. The topological polar surface area (TPSA) is 49.6 Å². The Morgan fingerprint density at radius 3 is 1.97 bits per heavy atom. The molecule has 0 saturated carbocycles. The average Bonchev–Trinajstić information content (AvgIpc) is 3.33. The lowest BCUT2D eigenvalue weighted by Crippen LogP contribution is -2.41. The largest absolute Gasteiger partial charge is 0.399 e. The zero-order valence-electron chi connectivity index (χ0n) is 18.8. The minimum Gasteiger partial charge on any atom is -0.399 e. The molecule has 0 spiro atoms. The van der Waals surface area contributed by atoms with E-state index < -0.39 is 5.92 Å². The molecule has 3 aromatic rings. The summed E-state index contributed by atoms with van der Waals surface area (Å²) in [5.41, 5.74) is 9.64. The van der Waals surface area contributed by atoms with Crippen LogP contribution in [0.3, 0.4) is 0 Å². The highest BCUT2D eigenvalue weighted by atomic mass is 35.5. The van der Waals surface area contributed by atoms with Crippen LogP contribution >= 0.6 is 23.2 Å². The highest BCUT2D eigenvalue weighted by Crippen LogP contribution is 2.33. The van der Waals surface area contributed by atoms with Gasteiger partial charge >= 0.3 is 0 Å². The first kappa shape index (κ1) is 23.6. The lowest BCUT2D eigenvalue weighted by atomic mass is 9.89. The first-order chi connectivity index (χ1) is 15.9. The zero-order valence-corrected chi connectivity index (χ0v) is 20.3. The number of nitrogen functional groups attached to an aromatic ring is 1.